The minimum Gasteiger partial charge on any atom is -0.490 e. The molecule has 0 bridgehead atoms. The van der Waals surface area contributed by atoms with E-state index < -0.39 is 0 Å². The summed E-state index contributed by atoms with van der Waals surface area (Å²) in [6, 6.07) is 11.9. The van der Waals surface area contributed by atoms with Gasteiger partial charge >= 0.3 is 0 Å². The first kappa shape index (κ1) is 15.3. The number of hydrogen-bond donors (Lipinski definition) is 1. The minimum atomic E-state index is 0.506. The third kappa shape index (κ3) is 5.08. The first-order valence-electron chi connectivity index (χ1n) is 7.26. The maximum Gasteiger partial charge on any atom is 0.140 e. The summed E-state index contributed by atoms with van der Waals surface area (Å²) in [6.07, 6.45) is 1.76. The van der Waals surface area contributed by atoms with Crippen LogP contribution in [0.1, 0.15) is 18.2 Å². The summed E-state index contributed by atoms with van der Waals surface area (Å²) in [5.41, 5.74) is 2.15. The fourth-order valence-electron chi connectivity index (χ4n) is 1.91. The minimum absolute atomic E-state index is 0.506. The van der Waals surface area contributed by atoms with Gasteiger partial charge in [0.1, 0.15) is 24.7 Å². The highest BCUT2D eigenvalue weighted by Crippen LogP contribution is 2.14. The molecule has 1 heterocycles. The number of ether oxygens (including phenoxy) is 2. The highest BCUT2D eigenvalue weighted by Gasteiger charge is 1.99. The van der Waals surface area contributed by atoms with Gasteiger partial charge in [0.2, 0.25) is 0 Å². The van der Waals surface area contributed by atoms with E-state index in [9.17, 15) is 0 Å². The molecule has 0 spiro atoms. The van der Waals surface area contributed by atoms with E-state index in [2.05, 4.69) is 29.4 Å². The average molecular weight is 286 g/mol. The number of nitrogens with one attached hydrogen (secondary N) is 1. The molecule has 0 aliphatic carbocycles. The van der Waals surface area contributed by atoms with E-state index in [-0.39, 0.29) is 0 Å². The molecule has 0 amide bonds. The normalized spacial score (nSPS) is 10.4. The largest absolute Gasteiger partial charge is 0.490 e. The van der Waals surface area contributed by atoms with Gasteiger partial charge in [-0.3, -0.25) is 4.98 Å². The Morgan fingerprint density at radius 1 is 1.05 bits per heavy atom. The van der Waals surface area contributed by atoms with Crippen molar-refractivity contribution in [2.24, 2.45) is 0 Å². The molecule has 1 aromatic carbocycles. The van der Waals surface area contributed by atoms with E-state index >= 15 is 0 Å². The second-order valence-electron chi connectivity index (χ2n) is 4.71. The second kappa shape index (κ2) is 8.27. The maximum absolute atomic E-state index is 5.66. The van der Waals surface area contributed by atoms with Gasteiger partial charge in [0.05, 0.1) is 5.69 Å². The van der Waals surface area contributed by atoms with Gasteiger partial charge in [-0.2, -0.15) is 0 Å². The number of benzene rings is 1. The molecule has 0 saturated carbocycles. The Kier molecular flexibility index (Phi) is 6.03. The smallest absolute Gasteiger partial charge is 0.140 e. The molecule has 4 nitrogen and oxygen atoms in total. The molecule has 4 heteroatoms. The molecule has 1 aromatic heterocycles. The Bertz CT molecular complexity index is 541. The molecule has 21 heavy (non-hydrogen) atoms. The number of aromatic nitrogens is 1. The summed E-state index contributed by atoms with van der Waals surface area (Å²) in [7, 11) is 0. The van der Waals surface area contributed by atoms with Crippen LogP contribution in [0.3, 0.4) is 0 Å². The Balaban J connectivity index is 1.72. The van der Waals surface area contributed by atoms with Gasteiger partial charge in [-0.25, -0.2) is 0 Å². The predicted molar refractivity (Wildman–Crippen MR) is 83.8 cm³/mol. The first-order chi connectivity index (χ1) is 10.3. The highest BCUT2D eigenvalue weighted by molar-refractivity contribution is 5.27. The van der Waals surface area contributed by atoms with Crippen molar-refractivity contribution in [2.45, 2.75) is 20.4 Å². The lowest BCUT2D eigenvalue weighted by molar-refractivity contribution is 0.215. The van der Waals surface area contributed by atoms with E-state index in [1.807, 2.05) is 31.2 Å². The molecule has 2 rings (SSSR count). The van der Waals surface area contributed by atoms with Gasteiger partial charge in [-0.1, -0.05) is 19.1 Å². The van der Waals surface area contributed by atoms with E-state index in [1.54, 1.807) is 6.20 Å². The van der Waals surface area contributed by atoms with E-state index in [0.717, 1.165) is 30.3 Å². The molecule has 0 atom stereocenters. The van der Waals surface area contributed by atoms with Crippen LogP contribution in [-0.2, 0) is 6.54 Å². The number of aryl methyl sites for hydroxylation is 1. The lowest BCUT2D eigenvalue weighted by atomic mass is 10.2. The summed E-state index contributed by atoms with van der Waals surface area (Å²) in [4.78, 5) is 4.18. The van der Waals surface area contributed by atoms with Crippen molar-refractivity contribution < 1.29 is 9.47 Å². The van der Waals surface area contributed by atoms with Crippen molar-refractivity contribution in [3.8, 4) is 11.5 Å². The van der Waals surface area contributed by atoms with Gasteiger partial charge in [-0.05, 0) is 43.3 Å². The summed E-state index contributed by atoms with van der Waals surface area (Å²) in [5, 5.41) is 3.29. The molecule has 2 aromatic rings. The van der Waals surface area contributed by atoms with Crippen LogP contribution < -0.4 is 14.8 Å². The zero-order valence-electron chi connectivity index (χ0n) is 12.6. The third-order valence-corrected chi connectivity index (χ3v) is 3.07. The quantitative estimate of drug-likeness (QED) is 0.758. The predicted octanol–water partition coefficient (Wildman–Crippen LogP) is 2.96. The van der Waals surface area contributed by atoms with E-state index in [4.69, 9.17) is 9.47 Å². The topological polar surface area (TPSA) is 43.4 Å². The number of nitrogens with zero attached hydrogens (tertiary/aromatic N) is 1. The van der Waals surface area contributed by atoms with Crippen LogP contribution in [0.4, 0.5) is 0 Å². The number of pyridine rings is 1. The Morgan fingerprint density at radius 3 is 2.52 bits per heavy atom. The Labute approximate surface area is 126 Å². The molecule has 0 fully saturated rings. The molecule has 112 valence electrons. The van der Waals surface area contributed by atoms with Crippen LogP contribution in [0.5, 0.6) is 11.5 Å². The molecule has 0 aliphatic heterocycles. The second-order valence-corrected chi connectivity index (χ2v) is 4.71. The van der Waals surface area contributed by atoms with Crippen LogP contribution in [0, 0.1) is 6.92 Å². The molecule has 0 saturated heterocycles. The highest BCUT2D eigenvalue weighted by atomic mass is 16.5. The van der Waals surface area contributed by atoms with Crippen LogP contribution in [0.15, 0.2) is 42.6 Å². The lowest BCUT2D eigenvalue weighted by Gasteiger charge is -2.10. The summed E-state index contributed by atoms with van der Waals surface area (Å²) in [6.45, 7) is 6.91. The molecule has 0 radical (unpaired) electrons. The fourth-order valence-corrected chi connectivity index (χ4v) is 1.91. The molecular weight excluding hydrogens is 264 g/mol. The zero-order valence-corrected chi connectivity index (χ0v) is 12.6. The molecular formula is C17H22N2O2. The van der Waals surface area contributed by atoms with Gasteiger partial charge in [0, 0.05) is 12.7 Å². The maximum atomic E-state index is 5.66. The summed E-state index contributed by atoms with van der Waals surface area (Å²) in [5.74, 6) is 1.67. The lowest BCUT2D eigenvalue weighted by Crippen LogP contribution is -2.12. The fraction of sp³-hybridized carbons (Fsp3) is 0.353. The summed E-state index contributed by atoms with van der Waals surface area (Å²) < 4.78 is 11.3. The first-order valence-corrected chi connectivity index (χ1v) is 7.26. The van der Waals surface area contributed by atoms with Crippen LogP contribution in [0.2, 0.25) is 0 Å². The molecule has 0 aliphatic rings. The Morgan fingerprint density at radius 2 is 1.81 bits per heavy atom. The van der Waals surface area contributed by atoms with Crippen molar-refractivity contribution in [1.29, 1.82) is 0 Å². The van der Waals surface area contributed by atoms with Gasteiger partial charge < -0.3 is 14.8 Å². The van der Waals surface area contributed by atoms with Gasteiger partial charge in [-0.15, -0.1) is 0 Å². The zero-order chi connectivity index (χ0) is 14.9. The van der Waals surface area contributed by atoms with Gasteiger partial charge in [0.15, 0.2) is 0 Å². The van der Waals surface area contributed by atoms with E-state index in [0.29, 0.717) is 13.2 Å². The van der Waals surface area contributed by atoms with Crippen molar-refractivity contribution in [1.82, 2.24) is 10.3 Å². The Hall–Kier alpha value is -2.07. The summed E-state index contributed by atoms with van der Waals surface area (Å²) >= 11 is 0. The van der Waals surface area contributed by atoms with Crippen molar-refractivity contribution >= 4 is 0 Å². The van der Waals surface area contributed by atoms with Crippen molar-refractivity contribution in [3.05, 3.63) is 53.9 Å². The van der Waals surface area contributed by atoms with Gasteiger partial charge in [0.25, 0.3) is 0 Å². The van der Waals surface area contributed by atoms with Crippen molar-refractivity contribution in [2.75, 3.05) is 19.8 Å². The van der Waals surface area contributed by atoms with Crippen LogP contribution >= 0.6 is 0 Å². The third-order valence-electron chi connectivity index (χ3n) is 3.07. The van der Waals surface area contributed by atoms with E-state index in [1.165, 1.54) is 5.56 Å². The molecule has 1 N–H and O–H groups in total. The standard InChI is InChI=1S/C17H22N2O2/c1-3-18-13-15-6-8-16(9-7-15)20-11-12-21-17-5-4-10-19-14(17)2/h4-10,18H,3,11-13H2,1-2H3. The van der Waals surface area contributed by atoms with Crippen molar-refractivity contribution in [3.63, 3.8) is 0 Å². The monoisotopic (exact) mass is 286 g/mol. The number of hydrogen-bond acceptors (Lipinski definition) is 4. The SMILES string of the molecule is CCNCc1ccc(OCCOc2cccnc2C)cc1. The van der Waals surface area contributed by atoms with Crippen LogP contribution in [0.25, 0.3) is 0 Å². The molecule has 0 unspecified atom stereocenters. The average Bonchev–Trinajstić information content (AvgIpc) is 2.52. The number of rotatable bonds is 8. The van der Waals surface area contributed by atoms with Crippen LogP contribution in [-0.4, -0.2) is 24.7 Å².